The molecule has 2 heterocycles. The van der Waals surface area contributed by atoms with E-state index in [1.807, 2.05) is 12.1 Å². The zero-order valence-electron chi connectivity index (χ0n) is 24.6. The van der Waals surface area contributed by atoms with Crippen LogP contribution in [-0.4, -0.2) is 62.3 Å². The Balaban J connectivity index is 1.28. The van der Waals surface area contributed by atoms with Crippen molar-refractivity contribution in [3.63, 3.8) is 0 Å². The highest BCUT2D eigenvalue weighted by atomic mass is 35.5. The number of ether oxygens (including phenoxy) is 2. The van der Waals surface area contributed by atoms with Gasteiger partial charge < -0.3 is 9.47 Å². The van der Waals surface area contributed by atoms with E-state index in [2.05, 4.69) is 77.4 Å². The summed E-state index contributed by atoms with van der Waals surface area (Å²) in [5.41, 5.74) is 6.20. The van der Waals surface area contributed by atoms with Crippen LogP contribution in [0, 0.1) is 0 Å². The lowest BCUT2D eigenvalue weighted by Crippen LogP contribution is -2.33. The van der Waals surface area contributed by atoms with Crippen molar-refractivity contribution >= 4 is 17.2 Å². The predicted molar refractivity (Wildman–Crippen MR) is 171 cm³/mol. The summed E-state index contributed by atoms with van der Waals surface area (Å²) in [6, 6.07) is 25.4. The van der Waals surface area contributed by atoms with Gasteiger partial charge in [0.2, 0.25) is 0 Å². The van der Waals surface area contributed by atoms with Crippen molar-refractivity contribution in [3.05, 3.63) is 100 Å². The molecule has 5 heteroatoms. The molecule has 0 atom stereocenters. The van der Waals surface area contributed by atoms with Crippen LogP contribution in [0.3, 0.4) is 0 Å². The number of hydrogen-bond acceptors (Lipinski definition) is 4. The molecule has 5 rings (SSSR count). The molecule has 0 bridgehead atoms. The summed E-state index contributed by atoms with van der Waals surface area (Å²) in [6.45, 7) is 10.5. The van der Waals surface area contributed by atoms with Gasteiger partial charge >= 0.3 is 0 Å². The second-order valence-electron chi connectivity index (χ2n) is 11.5. The van der Waals surface area contributed by atoms with Crippen LogP contribution in [0.25, 0.3) is 5.57 Å². The fourth-order valence-electron chi connectivity index (χ4n) is 6.04. The third-order valence-electron chi connectivity index (χ3n) is 8.35. The smallest absolute Gasteiger partial charge is 0.119 e. The summed E-state index contributed by atoms with van der Waals surface area (Å²) in [4.78, 5) is 5.03. The van der Waals surface area contributed by atoms with E-state index < -0.39 is 0 Å². The van der Waals surface area contributed by atoms with Crippen molar-refractivity contribution in [2.24, 2.45) is 0 Å². The Hall–Kier alpha value is -2.79. The summed E-state index contributed by atoms with van der Waals surface area (Å²) < 4.78 is 12.2. The largest absolute Gasteiger partial charge is 0.492 e. The number of nitrogens with zero attached hydrogens (tertiary/aromatic N) is 2. The number of halogens is 1. The van der Waals surface area contributed by atoms with Gasteiger partial charge in [-0.2, -0.15) is 0 Å². The molecule has 0 spiro atoms. The molecule has 2 aliphatic heterocycles. The molecule has 4 nitrogen and oxygen atoms in total. The number of piperidine rings is 2. The predicted octanol–water partition coefficient (Wildman–Crippen LogP) is 8.13. The second-order valence-corrected chi connectivity index (χ2v) is 11.9. The van der Waals surface area contributed by atoms with Gasteiger partial charge in [-0.15, -0.1) is 0 Å². The minimum atomic E-state index is 0.733. The number of allylic oxidation sites excluding steroid dienone is 1. The van der Waals surface area contributed by atoms with Gasteiger partial charge in [-0.3, -0.25) is 9.80 Å². The molecule has 0 saturated carbocycles. The minimum absolute atomic E-state index is 0.733. The molecule has 0 amide bonds. The van der Waals surface area contributed by atoms with E-state index in [9.17, 15) is 0 Å². The van der Waals surface area contributed by atoms with Crippen molar-refractivity contribution in [1.82, 2.24) is 9.80 Å². The van der Waals surface area contributed by atoms with Crippen molar-refractivity contribution in [2.75, 3.05) is 52.5 Å². The molecule has 41 heavy (non-hydrogen) atoms. The zero-order valence-corrected chi connectivity index (χ0v) is 25.4. The van der Waals surface area contributed by atoms with Crippen LogP contribution in [0.1, 0.15) is 62.1 Å². The molecule has 0 aromatic heterocycles. The maximum atomic E-state index is 6.15. The average Bonchev–Trinajstić information content (AvgIpc) is 3.01. The lowest BCUT2D eigenvalue weighted by atomic mass is 9.90. The van der Waals surface area contributed by atoms with Crippen molar-refractivity contribution < 1.29 is 9.47 Å². The molecule has 0 N–H and O–H groups in total. The van der Waals surface area contributed by atoms with Gasteiger partial charge in [-0.05, 0) is 124 Å². The Labute approximate surface area is 251 Å². The molecular formula is C36H45ClN2O2. The van der Waals surface area contributed by atoms with E-state index in [-0.39, 0.29) is 0 Å². The van der Waals surface area contributed by atoms with E-state index in [4.69, 9.17) is 21.1 Å². The second kappa shape index (κ2) is 15.4. The van der Waals surface area contributed by atoms with Gasteiger partial charge in [0.05, 0.1) is 0 Å². The lowest BCUT2D eigenvalue weighted by molar-refractivity contribution is 0.183. The topological polar surface area (TPSA) is 24.9 Å². The Bertz CT molecular complexity index is 1160. The third-order valence-corrected chi connectivity index (χ3v) is 8.60. The monoisotopic (exact) mass is 572 g/mol. The van der Waals surface area contributed by atoms with Crippen LogP contribution in [-0.2, 0) is 6.42 Å². The molecule has 0 radical (unpaired) electrons. The number of hydrogen-bond donors (Lipinski definition) is 0. The molecule has 3 aromatic rings. The van der Waals surface area contributed by atoms with E-state index >= 15 is 0 Å². The molecule has 2 saturated heterocycles. The minimum Gasteiger partial charge on any atom is -0.492 e. The fourth-order valence-corrected chi connectivity index (χ4v) is 6.17. The van der Waals surface area contributed by atoms with Gasteiger partial charge in [-0.25, -0.2) is 0 Å². The zero-order chi connectivity index (χ0) is 28.3. The maximum Gasteiger partial charge on any atom is 0.119 e. The fraction of sp³-hybridized carbons (Fsp3) is 0.444. The number of likely N-dealkylation sites (tertiary alicyclic amines) is 2. The molecule has 2 aliphatic rings. The Morgan fingerprint density at radius 3 is 1.49 bits per heavy atom. The van der Waals surface area contributed by atoms with Gasteiger partial charge in [-0.1, -0.05) is 66.4 Å². The molecule has 0 aliphatic carbocycles. The van der Waals surface area contributed by atoms with E-state index in [1.54, 1.807) is 0 Å². The summed E-state index contributed by atoms with van der Waals surface area (Å²) in [5.74, 6) is 1.86. The average molecular weight is 573 g/mol. The highest BCUT2D eigenvalue weighted by molar-refractivity contribution is 6.30. The van der Waals surface area contributed by atoms with Crippen LogP contribution < -0.4 is 9.47 Å². The maximum absolute atomic E-state index is 6.15. The van der Waals surface area contributed by atoms with Crippen molar-refractivity contribution in [3.8, 4) is 11.5 Å². The van der Waals surface area contributed by atoms with Gasteiger partial charge in [0.1, 0.15) is 24.7 Å². The number of benzene rings is 3. The molecular weight excluding hydrogens is 528 g/mol. The lowest BCUT2D eigenvalue weighted by Gasteiger charge is -2.26. The van der Waals surface area contributed by atoms with Crippen molar-refractivity contribution in [2.45, 2.75) is 51.9 Å². The van der Waals surface area contributed by atoms with Gasteiger partial charge in [0.25, 0.3) is 0 Å². The van der Waals surface area contributed by atoms with Gasteiger partial charge in [0.15, 0.2) is 0 Å². The highest BCUT2D eigenvalue weighted by Crippen LogP contribution is 2.31. The standard InChI is InChI=1S/C36H45ClN2O2/c1-29(28-30-8-14-33(37)15-9-30)36(31-10-16-34(17-11-31)40-26-24-38-20-4-2-5-21-38)32-12-18-35(19-13-32)41-27-25-39-22-6-3-7-23-39/h8-19H,2-7,20-28H2,1H3. The quantitative estimate of drug-likeness (QED) is 0.219. The van der Waals surface area contributed by atoms with Crippen LogP contribution >= 0.6 is 11.6 Å². The number of rotatable bonds is 12. The van der Waals surface area contributed by atoms with E-state index in [1.165, 1.54) is 92.5 Å². The van der Waals surface area contributed by atoms with Crippen molar-refractivity contribution in [1.29, 1.82) is 0 Å². The third kappa shape index (κ3) is 9.10. The Kier molecular flexibility index (Phi) is 11.2. The molecule has 0 unspecified atom stereocenters. The summed E-state index contributed by atoms with van der Waals surface area (Å²) in [7, 11) is 0. The van der Waals surface area contributed by atoms with Crippen LogP contribution in [0.5, 0.6) is 11.5 Å². The first-order valence-electron chi connectivity index (χ1n) is 15.5. The molecule has 218 valence electrons. The molecule has 3 aromatic carbocycles. The SMILES string of the molecule is CC(Cc1ccc(Cl)cc1)=C(c1ccc(OCCN2CCCCC2)cc1)c1ccc(OCCN2CCCCC2)cc1. The van der Waals surface area contributed by atoms with Gasteiger partial charge in [0, 0.05) is 18.1 Å². The van der Waals surface area contributed by atoms with E-state index in [0.717, 1.165) is 49.2 Å². The van der Waals surface area contributed by atoms with Crippen LogP contribution in [0.4, 0.5) is 0 Å². The Morgan fingerprint density at radius 2 is 1.05 bits per heavy atom. The molecule has 2 fully saturated rings. The Morgan fingerprint density at radius 1 is 0.610 bits per heavy atom. The highest BCUT2D eigenvalue weighted by Gasteiger charge is 2.13. The van der Waals surface area contributed by atoms with Crippen LogP contribution in [0.2, 0.25) is 5.02 Å². The summed E-state index contributed by atoms with van der Waals surface area (Å²) in [6.07, 6.45) is 8.82. The normalized spacial score (nSPS) is 16.3. The first kappa shape index (κ1) is 29.7. The summed E-state index contributed by atoms with van der Waals surface area (Å²) >= 11 is 6.15. The van der Waals surface area contributed by atoms with Crippen LogP contribution in [0.15, 0.2) is 78.4 Å². The van der Waals surface area contributed by atoms with E-state index in [0.29, 0.717) is 0 Å². The first-order chi connectivity index (χ1) is 20.1. The summed E-state index contributed by atoms with van der Waals surface area (Å²) in [5, 5.41) is 0.766. The first-order valence-corrected chi connectivity index (χ1v) is 15.9.